The number of hydrogen-bond donors (Lipinski definition) is 2. The fraction of sp³-hybridized carbons (Fsp3) is 0.800. The van der Waals surface area contributed by atoms with Gasteiger partial charge < -0.3 is 10.4 Å². The second kappa shape index (κ2) is 5.92. The predicted octanol–water partition coefficient (Wildman–Crippen LogP) is 0.140. The van der Waals surface area contributed by atoms with Crippen LogP contribution in [0, 0.1) is 6.54 Å². The lowest BCUT2D eigenvalue weighted by Gasteiger charge is -1.94. The van der Waals surface area contributed by atoms with E-state index in [-0.39, 0.29) is 6.61 Å². The van der Waals surface area contributed by atoms with Crippen molar-refractivity contribution in [1.82, 2.24) is 5.32 Å². The van der Waals surface area contributed by atoms with Gasteiger partial charge in [-0.3, -0.25) is 0 Å². The zero-order chi connectivity index (χ0) is 5.54. The van der Waals surface area contributed by atoms with E-state index in [1.807, 2.05) is 13.5 Å². The van der Waals surface area contributed by atoms with Crippen LogP contribution in [0.2, 0.25) is 0 Å². The highest BCUT2D eigenvalue weighted by Crippen LogP contribution is 1.74. The molecule has 0 amide bonds. The van der Waals surface area contributed by atoms with E-state index in [1.165, 1.54) is 0 Å². The van der Waals surface area contributed by atoms with Gasteiger partial charge >= 0.3 is 0 Å². The molecule has 2 nitrogen and oxygen atoms in total. The summed E-state index contributed by atoms with van der Waals surface area (Å²) in [6.07, 6.45) is 1.01. The molecule has 1 radical (unpaired) electrons. The molecule has 0 aromatic heterocycles. The summed E-state index contributed by atoms with van der Waals surface area (Å²) < 4.78 is 0. The first-order valence-corrected chi connectivity index (χ1v) is 2.57. The van der Waals surface area contributed by atoms with Gasteiger partial charge in [-0.25, -0.2) is 0 Å². The average Bonchev–Trinajstić information content (AvgIpc) is 1.69. The Morgan fingerprint density at radius 2 is 2.43 bits per heavy atom. The standard InChI is InChI=1S/C5H12NO/c1-2-3-6-4-5-7/h3,6-7H,2,4-5H2,1H3. The molecule has 43 valence electrons. The van der Waals surface area contributed by atoms with Gasteiger partial charge in [0, 0.05) is 13.1 Å². The van der Waals surface area contributed by atoms with Crippen LogP contribution in [-0.4, -0.2) is 18.3 Å². The van der Waals surface area contributed by atoms with Crippen molar-refractivity contribution in [2.75, 3.05) is 13.2 Å². The second-order valence-electron chi connectivity index (χ2n) is 1.29. The number of nitrogens with one attached hydrogen (secondary N) is 1. The Bertz CT molecular complexity index is 27.3. The maximum Gasteiger partial charge on any atom is 0.0556 e. The van der Waals surface area contributed by atoms with Crippen molar-refractivity contribution >= 4 is 0 Å². The molecule has 0 aliphatic heterocycles. The van der Waals surface area contributed by atoms with E-state index in [4.69, 9.17) is 5.11 Å². The molecule has 2 N–H and O–H groups in total. The summed E-state index contributed by atoms with van der Waals surface area (Å²) >= 11 is 0. The van der Waals surface area contributed by atoms with Crippen molar-refractivity contribution in [3.05, 3.63) is 6.54 Å². The third kappa shape index (κ3) is 5.92. The van der Waals surface area contributed by atoms with Crippen LogP contribution in [-0.2, 0) is 0 Å². The van der Waals surface area contributed by atoms with E-state index in [0.717, 1.165) is 6.42 Å². The lowest BCUT2D eigenvalue weighted by molar-refractivity contribution is 0.296. The van der Waals surface area contributed by atoms with Crippen LogP contribution in [0.1, 0.15) is 13.3 Å². The van der Waals surface area contributed by atoms with Gasteiger partial charge in [0.1, 0.15) is 0 Å². The van der Waals surface area contributed by atoms with Crippen molar-refractivity contribution in [1.29, 1.82) is 0 Å². The molecule has 0 aromatic rings. The quantitative estimate of drug-likeness (QED) is 0.495. The lowest BCUT2D eigenvalue weighted by atomic mass is 10.5. The number of rotatable bonds is 4. The van der Waals surface area contributed by atoms with E-state index in [1.54, 1.807) is 0 Å². The van der Waals surface area contributed by atoms with E-state index in [9.17, 15) is 0 Å². The molecular formula is C5H12NO. The Hall–Kier alpha value is -0.0800. The normalized spacial score (nSPS) is 9.43. The molecule has 0 unspecified atom stereocenters. The predicted molar refractivity (Wildman–Crippen MR) is 29.7 cm³/mol. The van der Waals surface area contributed by atoms with Gasteiger partial charge in [0.15, 0.2) is 0 Å². The number of aliphatic hydroxyl groups is 1. The second-order valence-corrected chi connectivity index (χ2v) is 1.29. The summed E-state index contributed by atoms with van der Waals surface area (Å²) in [5.74, 6) is 0. The monoisotopic (exact) mass is 102 g/mol. The third-order valence-electron chi connectivity index (χ3n) is 0.605. The van der Waals surface area contributed by atoms with Crippen LogP contribution in [0.5, 0.6) is 0 Å². The topological polar surface area (TPSA) is 32.3 Å². The summed E-state index contributed by atoms with van der Waals surface area (Å²) in [5, 5.41) is 11.1. The Morgan fingerprint density at radius 3 is 2.86 bits per heavy atom. The number of hydrogen-bond acceptors (Lipinski definition) is 2. The molecule has 0 fully saturated rings. The van der Waals surface area contributed by atoms with Crippen LogP contribution in [0.25, 0.3) is 0 Å². The Morgan fingerprint density at radius 1 is 1.71 bits per heavy atom. The minimum absolute atomic E-state index is 0.219. The lowest BCUT2D eigenvalue weighted by Crippen LogP contribution is -2.13. The Labute approximate surface area is 44.5 Å². The molecule has 7 heavy (non-hydrogen) atoms. The van der Waals surface area contributed by atoms with Crippen molar-refractivity contribution in [2.24, 2.45) is 0 Å². The molecule has 0 rings (SSSR count). The number of aliphatic hydroxyl groups excluding tert-OH is 1. The van der Waals surface area contributed by atoms with Crippen LogP contribution in [0.4, 0.5) is 0 Å². The Kier molecular flexibility index (Phi) is 5.85. The zero-order valence-corrected chi connectivity index (χ0v) is 4.65. The van der Waals surface area contributed by atoms with Gasteiger partial charge in [0.2, 0.25) is 0 Å². The fourth-order valence-corrected chi connectivity index (χ4v) is 0.311. The van der Waals surface area contributed by atoms with Crippen molar-refractivity contribution < 1.29 is 5.11 Å². The summed E-state index contributed by atoms with van der Waals surface area (Å²) in [5.41, 5.74) is 0. The molecule has 0 saturated heterocycles. The molecular weight excluding hydrogens is 90.1 g/mol. The maximum absolute atomic E-state index is 8.21. The van der Waals surface area contributed by atoms with E-state index in [2.05, 4.69) is 5.32 Å². The van der Waals surface area contributed by atoms with Crippen LogP contribution in [0.3, 0.4) is 0 Å². The van der Waals surface area contributed by atoms with Gasteiger partial charge in [-0.05, 0) is 6.42 Å². The smallest absolute Gasteiger partial charge is 0.0556 e. The Balaban J connectivity index is 2.45. The van der Waals surface area contributed by atoms with Crippen molar-refractivity contribution in [2.45, 2.75) is 13.3 Å². The molecule has 0 aromatic carbocycles. The summed E-state index contributed by atoms with van der Waals surface area (Å²) in [6, 6.07) is 0. The van der Waals surface area contributed by atoms with Gasteiger partial charge in [-0.2, -0.15) is 0 Å². The first-order chi connectivity index (χ1) is 3.41. The van der Waals surface area contributed by atoms with Crippen molar-refractivity contribution in [3.63, 3.8) is 0 Å². The van der Waals surface area contributed by atoms with Crippen LogP contribution in [0.15, 0.2) is 0 Å². The van der Waals surface area contributed by atoms with Crippen LogP contribution >= 0.6 is 0 Å². The molecule has 2 heteroatoms. The van der Waals surface area contributed by atoms with E-state index < -0.39 is 0 Å². The molecule has 0 aliphatic carbocycles. The van der Waals surface area contributed by atoms with E-state index in [0.29, 0.717) is 6.54 Å². The third-order valence-corrected chi connectivity index (χ3v) is 0.605. The van der Waals surface area contributed by atoms with Gasteiger partial charge in [-0.1, -0.05) is 6.92 Å². The largest absolute Gasteiger partial charge is 0.395 e. The molecule has 0 heterocycles. The molecule has 0 bridgehead atoms. The molecule has 0 atom stereocenters. The maximum atomic E-state index is 8.21. The summed E-state index contributed by atoms with van der Waals surface area (Å²) in [4.78, 5) is 0. The fourth-order valence-electron chi connectivity index (χ4n) is 0.311. The van der Waals surface area contributed by atoms with Gasteiger partial charge in [0.25, 0.3) is 0 Å². The molecule has 0 aliphatic rings. The minimum atomic E-state index is 0.219. The minimum Gasteiger partial charge on any atom is -0.395 e. The van der Waals surface area contributed by atoms with Crippen LogP contribution < -0.4 is 5.32 Å². The van der Waals surface area contributed by atoms with Gasteiger partial charge in [0.05, 0.1) is 6.61 Å². The highest BCUT2D eigenvalue weighted by atomic mass is 16.3. The summed E-state index contributed by atoms with van der Waals surface area (Å²) in [6.45, 7) is 4.87. The summed E-state index contributed by atoms with van der Waals surface area (Å²) in [7, 11) is 0. The van der Waals surface area contributed by atoms with E-state index >= 15 is 0 Å². The first-order valence-electron chi connectivity index (χ1n) is 2.57. The highest BCUT2D eigenvalue weighted by molar-refractivity contribution is 4.55. The van der Waals surface area contributed by atoms with Crippen molar-refractivity contribution in [3.8, 4) is 0 Å². The van der Waals surface area contributed by atoms with Gasteiger partial charge in [-0.15, -0.1) is 0 Å². The highest BCUT2D eigenvalue weighted by Gasteiger charge is 1.78. The average molecular weight is 102 g/mol. The first kappa shape index (κ1) is 6.92. The SMILES string of the molecule is CC[CH]NCCO. The molecule has 0 spiro atoms. The zero-order valence-electron chi connectivity index (χ0n) is 4.65. The molecule has 0 saturated carbocycles.